The third kappa shape index (κ3) is 3.94. The number of aromatic nitrogens is 1. The van der Waals surface area contributed by atoms with E-state index < -0.39 is 0 Å². The van der Waals surface area contributed by atoms with Crippen LogP contribution in [0.2, 0.25) is 0 Å². The monoisotopic (exact) mass is 290 g/mol. The molecule has 0 aliphatic carbocycles. The van der Waals surface area contributed by atoms with Crippen molar-refractivity contribution in [3.05, 3.63) is 23.9 Å². The number of nitrogens with one attached hydrogen (secondary N) is 1. The Morgan fingerprint density at radius 1 is 1.38 bits per heavy atom. The molecule has 1 N–H and O–H groups in total. The smallest absolute Gasteiger partial charge is 0.219 e. The number of nitrogens with zero attached hydrogens (tertiary/aromatic N) is 3. The van der Waals surface area contributed by atoms with Crippen molar-refractivity contribution in [1.82, 2.24) is 15.2 Å². The van der Waals surface area contributed by atoms with E-state index in [4.69, 9.17) is 0 Å². The molecule has 2 rings (SSSR count). The van der Waals surface area contributed by atoms with Crippen LogP contribution in [-0.2, 0) is 4.79 Å². The van der Waals surface area contributed by atoms with E-state index in [0.717, 1.165) is 45.0 Å². The molecule has 0 radical (unpaired) electrons. The van der Waals surface area contributed by atoms with E-state index in [0.29, 0.717) is 6.04 Å². The Balaban J connectivity index is 2.08. The highest BCUT2D eigenvalue weighted by atomic mass is 16.2. The third-order valence-electron chi connectivity index (χ3n) is 4.01. The lowest BCUT2D eigenvalue weighted by molar-refractivity contribution is -0.129. The number of carbonyl (C=O) groups is 1. The van der Waals surface area contributed by atoms with Gasteiger partial charge < -0.3 is 15.1 Å². The molecule has 1 aromatic heterocycles. The van der Waals surface area contributed by atoms with Crippen LogP contribution >= 0.6 is 0 Å². The van der Waals surface area contributed by atoms with Gasteiger partial charge >= 0.3 is 0 Å². The molecule has 0 spiro atoms. The lowest BCUT2D eigenvalue weighted by Crippen LogP contribution is -2.48. The zero-order valence-corrected chi connectivity index (χ0v) is 13.3. The van der Waals surface area contributed by atoms with E-state index in [2.05, 4.69) is 35.1 Å². The maximum absolute atomic E-state index is 11.4. The van der Waals surface area contributed by atoms with Crippen molar-refractivity contribution >= 4 is 11.7 Å². The first kappa shape index (κ1) is 15.8. The molecule has 1 amide bonds. The topological polar surface area (TPSA) is 48.5 Å². The normalized spacial score (nSPS) is 16.9. The van der Waals surface area contributed by atoms with Crippen LogP contribution in [0.1, 0.15) is 38.8 Å². The van der Waals surface area contributed by atoms with Crippen molar-refractivity contribution in [2.75, 3.05) is 37.6 Å². The number of hydrogen-bond acceptors (Lipinski definition) is 4. The van der Waals surface area contributed by atoms with Crippen LogP contribution in [0.3, 0.4) is 0 Å². The van der Waals surface area contributed by atoms with Crippen molar-refractivity contribution < 1.29 is 4.79 Å². The van der Waals surface area contributed by atoms with Crippen LogP contribution < -0.4 is 10.2 Å². The molecule has 0 aromatic carbocycles. The molecule has 1 aliphatic rings. The molecule has 1 unspecified atom stereocenters. The van der Waals surface area contributed by atoms with Gasteiger partial charge in [-0.05, 0) is 26.0 Å². The summed E-state index contributed by atoms with van der Waals surface area (Å²) < 4.78 is 0. The highest BCUT2D eigenvalue weighted by Crippen LogP contribution is 2.24. The maximum Gasteiger partial charge on any atom is 0.219 e. The Hall–Kier alpha value is -1.62. The quantitative estimate of drug-likeness (QED) is 0.898. The standard InChI is InChI=1S/C16H26N4O/c1-4-7-17-13(2)15-6-5-8-18-16(15)20-11-9-19(10-12-20)14(3)21/h5-6,8,13,17H,4,7,9-12H2,1-3H3. The molecule has 5 nitrogen and oxygen atoms in total. The fourth-order valence-electron chi connectivity index (χ4n) is 2.72. The van der Waals surface area contributed by atoms with Crippen molar-refractivity contribution in [3.63, 3.8) is 0 Å². The first-order valence-corrected chi connectivity index (χ1v) is 7.82. The lowest BCUT2D eigenvalue weighted by atomic mass is 10.1. The molecule has 116 valence electrons. The molecule has 1 atom stereocenters. The van der Waals surface area contributed by atoms with E-state index in [-0.39, 0.29) is 5.91 Å². The predicted octanol–water partition coefficient (Wildman–Crippen LogP) is 1.81. The number of carbonyl (C=O) groups excluding carboxylic acids is 1. The predicted molar refractivity (Wildman–Crippen MR) is 85.4 cm³/mol. The first-order chi connectivity index (χ1) is 10.1. The fraction of sp³-hybridized carbons (Fsp3) is 0.625. The van der Waals surface area contributed by atoms with Crippen LogP contribution in [0.4, 0.5) is 5.82 Å². The van der Waals surface area contributed by atoms with Gasteiger partial charge in [-0.2, -0.15) is 0 Å². The summed E-state index contributed by atoms with van der Waals surface area (Å²) in [6, 6.07) is 4.43. The molecule has 1 aromatic rings. The minimum atomic E-state index is 0.161. The van der Waals surface area contributed by atoms with Gasteiger partial charge in [-0.25, -0.2) is 4.98 Å². The van der Waals surface area contributed by atoms with Gasteiger partial charge in [-0.1, -0.05) is 13.0 Å². The largest absolute Gasteiger partial charge is 0.353 e. The Morgan fingerprint density at radius 3 is 2.71 bits per heavy atom. The van der Waals surface area contributed by atoms with E-state index in [1.165, 1.54) is 5.56 Å². The van der Waals surface area contributed by atoms with Crippen LogP contribution in [0.5, 0.6) is 0 Å². The van der Waals surface area contributed by atoms with E-state index in [1.54, 1.807) is 6.92 Å². The summed E-state index contributed by atoms with van der Waals surface area (Å²) in [5.74, 6) is 1.21. The molecule has 2 heterocycles. The summed E-state index contributed by atoms with van der Waals surface area (Å²) >= 11 is 0. The Labute approximate surface area is 127 Å². The molecule has 21 heavy (non-hydrogen) atoms. The molecular formula is C16H26N4O. The lowest BCUT2D eigenvalue weighted by Gasteiger charge is -2.36. The number of anilines is 1. The highest BCUT2D eigenvalue weighted by molar-refractivity contribution is 5.73. The average molecular weight is 290 g/mol. The van der Waals surface area contributed by atoms with Crippen molar-refractivity contribution in [2.24, 2.45) is 0 Å². The molecule has 1 fully saturated rings. The summed E-state index contributed by atoms with van der Waals surface area (Å²) in [7, 11) is 0. The number of amides is 1. The molecule has 1 aliphatic heterocycles. The third-order valence-corrected chi connectivity index (χ3v) is 4.01. The number of rotatable bonds is 5. The van der Waals surface area contributed by atoms with Crippen LogP contribution in [0, 0.1) is 0 Å². The molecule has 0 saturated carbocycles. The summed E-state index contributed by atoms with van der Waals surface area (Å²) in [5, 5.41) is 3.52. The Morgan fingerprint density at radius 2 is 2.10 bits per heavy atom. The van der Waals surface area contributed by atoms with Crippen molar-refractivity contribution in [3.8, 4) is 0 Å². The van der Waals surface area contributed by atoms with Crippen molar-refractivity contribution in [1.29, 1.82) is 0 Å². The zero-order chi connectivity index (χ0) is 15.2. The van der Waals surface area contributed by atoms with Gasteiger partial charge in [0.25, 0.3) is 0 Å². The highest BCUT2D eigenvalue weighted by Gasteiger charge is 2.22. The van der Waals surface area contributed by atoms with Crippen LogP contribution in [-0.4, -0.2) is 48.5 Å². The van der Waals surface area contributed by atoms with Crippen LogP contribution in [0.25, 0.3) is 0 Å². The summed E-state index contributed by atoms with van der Waals surface area (Å²) in [6.07, 6.45) is 2.97. The van der Waals surface area contributed by atoms with Gasteiger partial charge in [0.1, 0.15) is 5.82 Å². The fourth-order valence-corrected chi connectivity index (χ4v) is 2.72. The molecule has 1 saturated heterocycles. The molecule has 0 bridgehead atoms. The van der Waals surface area contributed by atoms with Gasteiger partial charge in [-0.15, -0.1) is 0 Å². The summed E-state index contributed by atoms with van der Waals surface area (Å²) in [4.78, 5) is 20.2. The average Bonchev–Trinajstić information content (AvgIpc) is 2.52. The minimum Gasteiger partial charge on any atom is -0.353 e. The summed E-state index contributed by atoms with van der Waals surface area (Å²) in [5.41, 5.74) is 1.24. The first-order valence-electron chi connectivity index (χ1n) is 7.82. The van der Waals surface area contributed by atoms with Gasteiger partial charge in [-0.3, -0.25) is 4.79 Å². The second-order valence-electron chi connectivity index (χ2n) is 5.59. The van der Waals surface area contributed by atoms with Crippen LogP contribution in [0.15, 0.2) is 18.3 Å². The minimum absolute atomic E-state index is 0.161. The maximum atomic E-state index is 11.4. The zero-order valence-electron chi connectivity index (χ0n) is 13.3. The van der Waals surface area contributed by atoms with Gasteiger partial charge in [0, 0.05) is 50.9 Å². The SMILES string of the molecule is CCCNC(C)c1cccnc1N1CCN(C(C)=O)CC1. The Kier molecular flexibility index (Phi) is 5.56. The number of piperazine rings is 1. The second kappa shape index (κ2) is 7.41. The molecule has 5 heteroatoms. The van der Waals surface area contributed by atoms with E-state index in [1.807, 2.05) is 17.2 Å². The second-order valence-corrected chi connectivity index (χ2v) is 5.59. The molecular weight excluding hydrogens is 264 g/mol. The van der Waals surface area contributed by atoms with E-state index >= 15 is 0 Å². The van der Waals surface area contributed by atoms with Crippen molar-refractivity contribution in [2.45, 2.75) is 33.2 Å². The number of hydrogen-bond donors (Lipinski definition) is 1. The summed E-state index contributed by atoms with van der Waals surface area (Å²) in [6.45, 7) is 10.3. The number of pyridine rings is 1. The van der Waals surface area contributed by atoms with Gasteiger partial charge in [0.05, 0.1) is 0 Å². The Bertz CT molecular complexity index is 469. The van der Waals surface area contributed by atoms with Gasteiger partial charge in [0.2, 0.25) is 5.91 Å². The van der Waals surface area contributed by atoms with Gasteiger partial charge in [0.15, 0.2) is 0 Å². The van der Waals surface area contributed by atoms with E-state index in [9.17, 15) is 4.79 Å².